The first-order valence-electron chi connectivity index (χ1n) is 14.0. The van der Waals surface area contributed by atoms with Crippen LogP contribution >= 0.6 is 0 Å². The summed E-state index contributed by atoms with van der Waals surface area (Å²) in [5.41, 5.74) is 1.60. The molecular formula is C34H36AlO7. The Morgan fingerprint density at radius 2 is 0.952 bits per heavy atom. The molecule has 0 spiro atoms. The lowest BCUT2D eigenvalue weighted by Gasteiger charge is -2.19. The molecule has 0 aliphatic carbocycles. The number of hydrogen-bond acceptors (Lipinski definition) is 6. The first kappa shape index (κ1) is 32.4. The van der Waals surface area contributed by atoms with Gasteiger partial charge < -0.3 is 22.5 Å². The van der Waals surface area contributed by atoms with Crippen molar-refractivity contribution < 1.29 is 32.1 Å². The van der Waals surface area contributed by atoms with E-state index in [1.807, 2.05) is 123 Å². The van der Waals surface area contributed by atoms with Gasteiger partial charge in [0.25, 0.3) is 11.9 Å². The van der Waals surface area contributed by atoms with Crippen molar-refractivity contribution >= 4 is 27.8 Å². The van der Waals surface area contributed by atoms with Crippen LogP contribution in [-0.2, 0) is 17.2 Å². The van der Waals surface area contributed by atoms with Gasteiger partial charge in [0, 0.05) is 0 Å². The Labute approximate surface area is 254 Å². The molecule has 0 saturated heterocycles. The molecule has 0 aromatic heterocycles. The van der Waals surface area contributed by atoms with E-state index >= 15 is 0 Å². The molecule has 0 amide bonds. The molecule has 2 atom stereocenters. The van der Waals surface area contributed by atoms with Crippen molar-refractivity contribution in [3.63, 3.8) is 0 Å². The van der Waals surface area contributed by atoms with Crippen LogP contribution in [-0.4, -0.2) is 33.3 Å². The van der Waals surface area contributed by atoms with Crippen LogP contribution in [0.1, 0.15) is 62.5 Å². The van der Waals surface area contributed by atoms with Gasteiger partial charge in [-0.1, -0.05) is 87.4 Å². The van der Waals surface area contributed by atoms with E-state index in [0.29, 0.717) is 24.3 Å². The van der Waals surface area contributed by atoms with Gasteiger partial charge in [-0.2, -0.15) is 0 Å². The zero-order chi connectivity index (χ0) is 28.9. The van der Waals surface area contributed by atoms with E-state index in [-0.39, 0.29) is 5.48 Å². The lowest BCUT2D eigenvalue weighted by Crippen LogP contribution is -2.24. The summed E-state index contributed by atoms with van der Waals surface area (Å²) in [6, 6.07) is 33.9. The molecule has 0 aliphatic rings. The van der Waals surface area contributed by atoms with E-state index in [2.05, 4.69) is 0 Å². The van der Waals surface area contributed by atoms with Gasteiger partial charge >= 0.3 is 15.9 Å². The summed E-state index contributed by atoms with van der Waals surface area (Å²) in [6.07, 6.45) is 2.79. The third-order valence-electron chi connectivity index (χ3n) is 6.53. The molecule has 2 N–H and O–H groups in total. The van der Waals surface area contributed by atoms with E-state index < -0.39 is 39.7 Å². The minimum Gasteiger partial charge on any atom is -0.589 e. The molecule has 8 heteroatoms. The van der Waals surface area contributed by atoms with Gasteiger partial charge in [0.15, 0.2) is 0 Å². The zero-order valence-electron chi connectivity index (χ0n) is 23.9. The zero-order valence-corrected chi connectivity index (χ0v) is 25.1. The van der Waals surface area contributed by atoms with E-state index in [1.54, 1.807) is 0 Å². The van der Waals surface area contributed by atoms with Crippen molar-refractivity contribution in [3.05, 3.63) is 120 Å². The second-order valence-electron chi connectivity index (χ2n) is 9.63. The molecule has 0 aliphatic heterocycles. The highest BCUT2D eigenvalue weighted by Crippen LogP contribution is 2.30. The van der Waals surface area contributed by atoms with Crippen molar-refractivity contribution in [3.8, 4) is 23.0 Å². The minimum atomic E-state index is -1.31. The maximum Gasteiger partial charge on any atom is 0.885 e. The average molecular weight is 584 g/mol. The predicted molar refractivity (Wildman–Crippen MR) is 163 cm³/mol. The molecule has 2 unspecified atom stereocenters. The quantitative estimate of drug-likeness (QED) is 0.142. The molecule has 7 nitrogen and oxygen atoms in total. The fourth-order valence-electron chi connectivity index (χ4n) is 4.54. The van der Waals surface area contributed by atoms with Gasteiger partial charge in [-0.15, -0.1) is 0 Å². The van der Waals surface area contributed by atoms with Crippen LogP contribution in [0.4, 0.5) is 0 Å². The Morgan fingerprint density at radius 1 is 0.571 bits per heavy atom. The van der Waals surface area contributed by atoms with E-state index in [9.17, 15) is 9.59 Å². The van der Waals surface area contributed by atoms with Crippen LogP contribution in [0.25, 0.3) is 0 Å². The summed E-state index contributed by atoms with van der Waals surface area (Å²) in [6.45, 7) is 4.03. The fourth-order valence-corrected chi connectivity index (χ4v) is 5.11. The highest BCUT2D eigenvalue weighted by atomic mass is 27.2. The number of carbonyl (C=O) groups excluding carboxylic acids is 2. The molecule has 0 bridgehead atoms. The van der Waals surface area contributed by atoms with Crippen LogP contribution in [0.5, 0.6) is 23.0 Å². The first-order valence-corrected chi connectivity index (χ1v) is 14.9. The van der Waals surface area contributed by atoms with Crippen molar-refractivity contribution in [1.82, 2.24) is 0 Å². The Kier molecular flexibility index (Phi) is 13.1. The second kappa shape index (κ2) is 17.0. The molecule has 4 aromatic rings. The molecule has 1 radical (unpaired) electrons. The third kappa shape index (κ3) is 9.49. The van der Waals surface area contributed by atoms with Crippen LogP contribution in [0.3, 0.4) is 0 Å². The Hall–Kier alpha value is -4.09. The second-order valence-corrected chi connectivity index (χ2v) is 10.3. The fraction of sp³-hybridized carbons (Fsp3) is 0.235. The van der Waals surface area contributed by atoms with Crippen LogP contribution in [0, 0.1) is 0 Å². The number of hydrogen-bond donors (Lipinski definition) is 0. The summed E-state index contributed by atoms with van der Waals surface area (Å²) >= 11 is -1.31. The largest absolute Gasteiger partial charge is 0.885 e. The SMILES string of the molecule is CCCC(C(=O)[O][Al][O]C(=O)C(CCC)c1cccc(Oc2ccccc2)c1)c1cccc(Oc2ccccc2)c1.O. The van der Waals surface area contributed by atoms with Crippen LogP contribution in [0.2, 0.25) is 0 Å². The number of benzene rings is 4. The number of carbonyl (C=O) groups is 2. The Bertz CT molecular complexity index is 1290. The van der Waals surface area contributed by atoms with Gasteiger partial charge in [0.2, 0.25) is 0 Å². The Balaban J connectivity index is 0.00000484. The van der Waals surface area contributed by atoms with Gasteiger partial charge in [-0.05, 0) is 72.5 Å². The number of rotatable bonds is 14. The van der Waals surface area contributed by atoms with Gasteiger partial charge in [-0.3, -0.25) is 9.59 Å². The average Bonchev–Trinajstić information content (AvgIpc) is 3.00. The molecule has 217 valence electrons. The van der Waals surface area contributed by atoms with E-state index in [0.717, 1.165) is 35.5 Å². The monoisotopic (exact) mass is 583 g/mol. The third-order valence-corrected chi connectivity index (χ3v) is 7.19. The highest BCUT2D eigenvalue weighted by molar-refractivity contribution is 6.26. The molecule has 42 heavy (non-hydrogen) atoms. The minimum absolute atomic E-state index is 0. The molecule has 0 heterocycles. The van der Waals surface area contributed by atoms with E-state index in [1.165, 1.54) is 0 Å². The van der Waals surface area contributed by atoms with Gasteiger partial charge in [0.05, 0.1) is 11.8 Å². The smallest absolute Gasteiger partial charge is 0.589 e. The van der Waals surface area contributed by atoms with Crippen molar-refractivity contribution in [1.29, 1.82) is 0 Å². The lowest BCUT2D eigenvalue weighted by atomic mass is 9.94. The number of para-hydroxylation sites is 2. The Morgan fingerprint density at radius 3 is 1.33 bits per heavy atom. The lowest BCUT2D eigenvalue weighted by molar-refractivity contribution is -0.141. The summed E-state index contributed by atoms with van der Waals surface area (Å²) in [5.74, 6) is 0.939. The maximum absolute atomic E-state index is 13.1. The maximum atomic E-state index is 13.1. The van der Waals surface area contributed by atoms with E-state index in [4.69, 9.17) is 17.1 Å². The normalized spacial score (nSPS) is 11.8. The molecule has 0 fully saturated rings. The van der Waals surface area contributed by atoms with Crippen LogP contribution < -0.4 is 9.47 Å². The summed E-state index contributed by atoms with van der Waals surface area (Å²) < 4.78 is 23.0. The van der Waals surface area contributed by atoms with Gasteiger partial charge in [-0.25, -0.2) is 0 Å². The summed E-state index contributed by atoms with van der Waals surface area (Å²) in [5, 5.41) is 0. The van der Waals surface area contributed by atoms with Crippen molar-refractivity contribution in [2.45, 2.75) is 51.4 Å². The summed E-state index contributed by atoms with van der Waals surface area (Å²) in [4.78, 5) is 26.2. The summed E-state index contributed by atoms with van der Waals surface area (Å²) in [7, 11) is 0. The molecule has 4 aromatic carbocycles. The molecule has 0 saturated carbocycles. The highest BCUT2D eigenvalue weighted by Gasteiger charge is 2.27. The number of ether oxygens (including phenoxy) is 2. The predicted octanol–water partition coefficient (Wildman–Crippen LogP) is 7.53. The topological polar surface area (TPSA) is 103 Å². The standard InChI is InChI=1S/2C17H18O3.Al.H2O/c2*1-2-7-16(17(18)19)13-8-6-11-15(12-13)20-14-9-4-3-5-10-14;;/h2*3-6,8-12,16H,2,7H2,1H3,(H,18,19);;1H2/q;;+2;/p-2. The van der Waals surface area contributed by atoms with Crippen molar-refractivity contribution in [2.75, 3.05) is 0 Å². The van der Waals surface area contributed by atoms with Crippen LogP contribution in [0.15, 0.2) is 109 Å². The van der Waals surface area contributed by atoms with Crippen molar-refractivity contribution in [2.24, 2.45) is 0 Å². The van der Waals surface area contributed by atoms with Gasteiger partial charge in [0.1, 0.15) is 23.0 Å². The first-order chi connectivity index (χ1) is 20.1. The molecule has 4 rings (SSSR count). The molecular weight excluding hydrogens is 547 g/mol.